The summed E-state index contributed by atoms with van der Waals surface area (Å²) in [5.41, 5.74) is 2.78. The fourth-order valence-corrected chi connectivity index (χ4v) is 2.37. The molecule has 1 aromatic carbocycles. The Morgan fingerprint density at radius 1 is 1.32 bits per heavy atom. The third-order valence-corrected chi connectivity index (χ3v) is 3.46. The third-order valence-electron chi connectivity index (χ3n) is 3.46. The average Bonchev–Trinajstić information content (AvgIpc) is 2.38. The number of carbonyl (C=O) groups excluding carboxylic acids is 1. The van der Waals surface area contributed by atoms with E-state index in [4.69, 9.17) is 0 Å². The van der Waals surface area contributed by atoms with E-state index in [0.717, 1.165) is 32.6 Å². The van der Waals surface area contributed by atoms with Gasteiger partial charge < -0.3 is 10.2 Å². The smallest absolute Gasteiger partial charge is 0.234 e. The lowest BCUT2D eigenvalue weighted by molar-refractivity contribution is -0.122. The summed E-state index contributed by atoms with van der Waals surface area (Å²) in [6.45, 7) is 3.96. The maximum atomic E-state index is 11.8. The molecule has 1 heterocycles. The van der Waals surface area contributed by atoms with E-state index in [1.807, 2.05) is 14.1 Å². The van der Waals surface area contributed by atoms with Crippen molar-refractivity contribution in [3.05, 3.63) is 35.4 Å². The van der Waals surface area contributed by atoms with Gasteiger partial charge >= 0.3 is 0 Å². The molecule has 0 atom stereocenters. The van der Waals surface area contributed by atoms with Gasteiger partial charge in [-0.2, -0.15) is 0 Å². The van der Waals surface area contributed by atoms with E-state index in [-0.39, 0.29) is 5.91 Å². The van der Waals surface area contributed by atoms with Crippen molar-refractivity contribution >= 4 is 5.91 Å². The molecule has 19 heavy (non-hydrogen) atoms. The molecule has 4 nitrogen and oxygen atoms in total. The zero-order valence-electron chi connectivity index (χ0n) is 11.9. The first kappa shape index (κ1) is 14.0. The van der Waals surface area contributed by atoms with Gasteiger partial charge in [0.05, 0.1) is 6.54 Å². The molecule has 0 saturated carbocycles. The van der Waals surface area contributed by atoms with Gasteiger partial charge in [0.2, 0.25) is 5.91 Å². The number of rotatable bonds is 5. The Kier molecular flexibility index (Phi) is 4.93. The van der Waals surface area contributed by atoms with E-state index < -0.39 is 0 Å². The second kappa shape index (κ2) is 6.68. The molecule has 0 aromatic heterocycles. The largest absolute Gasteiger partial charge is 0.354 e. The zero-order valence-corrected chi connectivity index (χ0v) is 11.9. The highest BCUT2D eigenvalue weighted by molar-refractivity contribution is 5.78. The minimum Gasteiger partial charge on any atom is -0.354 e. The molecule has 1 N–H and O–H groups in total. The Balaban J connectivity index is 1.77. The minimum absolute atomic E-state index is 0.126. The van der Waals surface area contributed by atoms with Gasteiger partial charge in [-0.3, -0.25) is 9.69 Å². The predicted octanol–water partition coefficient (Wildman–Crippen LogP) is 0.723. The van der Waals surface area contributed by atoms with Crippen molar-refractivity contribution in [3.8, 4) is 0 Å². The highest BCUT2D eigenvalue weighted by Gasteiger charge is 2.17. The number of fused-ring (bicyclic) bond motifs is 1. The Morgan fingerprint density at radius 2 is 2.05 bits per heavy atom. The molecule has 4 heteroatoms. The third kappa shape index (κ3) is 4.33. The van der Waals surface area contributed by atoms with Crippen molar-refractivity contribution in [3.63, 3.8) is 0 Å². The number of carbonyl (C=O) groups is 1. The van der Waals surface area contributed by atoms with Gasteiger partial charge in [-0.05, 0) is 31.6 Å². The Labute approximate surface area is 115 Å². The lowest BCUT2D eigenvalue weighted by Gasteiger charge is -2.28. The van der Waals surface area contributed by atoms with E-state index in [1.54, 1.807) is 0 Å². The van der Waals surface area contributed by atoms with Crippen molar-refractivity contribution < 1.29 is 4.79 Å². The van der Waals surface area contributed by atoms with Crippen molar-refractivity contribution in [2.45, 2.75) is 13.0 Å². The molecule has 104 valence electrons. The molecule has 0 unspecified atom stereocenters. The molecule has 1 aromatic rings. The number of hydrogen-bond acceptors (Lipinski definition) is 3. The fraction of sp³-hybridized carbons (Fsp3) is 0.533. The van der Waals surface area contributed by atoms with E-state index in [9.17, 15) is 4.79 Å². The van der Waals surface area contributed by atoms with Crippen LogP contribution in [0.25, 0.3) is 0 Å². The van der Waals surface area contributed by atoms with Crippen LogP contribution in [0.4, 0.5) is 0 Å². The van der Waals surface area contributed by atoms with E-state index in [1.165, 1.54) is 11.1 Å². The number of likely N-dealkylation sites (N-methyl/N-ethyl adjacent to an activating group) is 1. The summed E-state index contributed by atoms with van der Waals surface area (Å²) >= 11 is 0. The quantitative estimate of drug-likeness (QED) is 0.848. The molecule has 1 aliphatic rings. The van der Waals surface area contributed by atoms with Crippen LogP contribution >= 0.6 is 0 Å². The maximum absolute atomic E-state index is 11.8. The minimum atomic E-state index is 0.126. The first-order valence-corrected chi connectivity index (χ1v) is 6.86. The topological polar surface area (TPSA) is 35.6 Å². The van der Waals surface area contributed by atoms with Gasteiger partial charge in [-0.25, -0.2) is 0 Å². The molecule has 0 spiro atoms. The van der Waals surface area contributed by atoms with Crippen LogP contribution in [0.1, 0.15) is 11.1 Å². The molecule has 0 saturated heterocycles. The van der Waals surface area contributed by atoms with Gasteiger partial charge in [0, 0.05) is 26.2 Å². The van der Waals surface area contributed by atoms with Gasteiger partial charge in [-0.1, -0.05) is 24.3 Å². The van der Waals surface area contributed by atoms with Gasteiger partial charge in [0.15, 0.2) is 0 Å². The number of benzene rings is 1. The molecular formula is C15H23N3O. The number of amides is 1. The molecule has 0 fully saturated rings. The highest BCUT2D eigenvalue weighted by Crippen LogP contribution is 2.17. The molecule has 1 aliphatic heterocycles. The Hall–Kier alpha value is -1.39. The van der Waals surface area contributed by atoms with Crippen LogP contribution in [0.2, 0.25) is 0 Å². The number of hydrogen-bond donors (Lipinski definition) is 1. The second-order valence-electron chi connectivity index (χ2n) is 5.38. The fourth-order valence-electron chi connectivity index (χ4n) is 2.37. The monoisotopic (exact) mass is 261 g/mol. The van der Waals surface area contributed by atoms with Crippen LogP contribution in [-0.2, 0) is 17.8 Å². The molecular weight excluding hydrogens is 238 g/mol. The van der Waals surface area contributed by atoms with E-state index >= 15 is 0 Å². The van der Waals surface area contributed by atoms with Gasteiger partial charge in [-0.15, -0.1) is 0 Å². The average molecular weight is 261 g/mol. The molecule has 1 amide bonds. The summed E-state index contributed by atoms with van der Waals surface area (Å²) in [4.78, 5) is 16.1. The van der Waals surface area contributed by atoms with Crippen LogP contribution in [0.15, 0.2) is 24.3 Å². The van der Waals surface area contributed by atoms with Crippen molar-refractivity contribution in [2.75, 3.05) is 40.3 Å². The van der Waals surface area contributed by atoms with Gasteiger partial charge in [0.1, 0.15) is 0 Å². The summed E-state index contributed by atoms with van der Waals surface area (Å²) < 4.78 is 0. The summed E-state index contributed by atoms with van der Waals surface area (Å²) in [6.07, 6.45) is 1.04. The van der Waals surface area contributed by atoms with Crippen LogP contribution in [0, 0.1) is 0 Å². The number of nitrogens with one attached hydrogen (secondary N) is 1. The number of nitrogens with zero attached hydrogens (tertiary/aromatic N) is 2. The molecule has 0 radical (unpaired) electrons. The van der Waals surface area contributed by atoms with Crippen molar-refractivity contribution in [2.24, 2.45) is 0 Å². The summed E-state index contributed by atoms with van der Waals surface area (Å²) in [6, 6.07) is 8.50. The first-order chi connectivity index (χ1) is 9.15. The lowest BCUT2D eigenvalue weighted by atomic mass is 10.00. The van der Waals surface area contributed by atoms with Crippen molar-refractivity contribution in [1.82, 2.24) is 15.1 Å². The highest BCUT2D eigenvalue weighted by atomic mass is 16.2. The summed E-state index contributed by atoms with van der Waals surface area (Å²) in [7, 11) is 4.02. The SMILES string of the molecule is CN(C)CCNC(=O)CN1CCc2ccccc2C1. The van der Waals surface area contributed by atoms with Crippen LogP contribution in [0.5, 0.6) is 0 Å². The molecule has 0 aliphatic carbocycles. The maximum Gasteiger partial charge on any atom is 0.234 e. The Bertz CT molecular complexity index is 431. The van der Waals surface area contributed by atoms with E-state index in [0.29, 0.717) is 6.54 Å². The van der Waals surface area contributed by atoms with Crippen LogP contribution in [-0.4, -0.2) is 56.0 Å². The molecule has 0 bridgehead atoms. The normalized spacial score (nSPS) is 15.3. The standard InChI is InChI=1S/C15H23N3O/c1-17(2)10-8-16-15(19)12-18-9-7-13-5-3-4-6-14(13)11-18/h3-6H,7-12H2,1-2H3,(H,16,19). The Morgan fingerprint density at radius 3 is 2.79 bits per heavy atom. The van der Waals surface area contributed by atoms with Crippen LogP contribution < -0.4 is 5.32 Å². The predicted molar refractivity (Wildman–Crippen MR) is 77.0 cm³/mol. The zero-order chi connectivity index (χ0) is 13.7. The molecule has 2 rings (SSSR count). The van der Waals surface area contributed by atoms with E-state index in [2.05, 4.69) is 39.4 Å². The van der Waals surface area contributed by atoms with Crippen LogP contribution in [0.3, 0.4) is 0 Å². The first-order valence-electron chi connectivity index (χ1n) is 6.86. The lowest BCUT2D eigenvalue weighted by Crippen LogP contribution is -2.41. The van der Waals surface area contributed by atoms with Crippen molar-refractivity contribution in [1.29, 1.82) is 0 Å². The second-order valence-corrected chi connectivity index (χ2v) is 5.38. The summed E-state index contributed by atoms with van der Waals surface area (Å²) in [5, 5.41) is 2.96. The van der Waals surface area contributed by atoms with Gasteiger partial charge in [0.25, 0.3) is 0 Å². The summed E-state index contributed by atoms with van der Waals surface area (Å²) in [5.74, 6) is 0.126.